The average molecular weight is 445 g/mol. The fourth-order valence-corrected chi connectivity index (χ4v) is 4.08. The number of carbonyl (C=O) groups excluding carboxylic acids is 1. The van der Waals surface area contributed by atoms with E-state index in [1.807, 2.05) is 22.6 Å². The van der Waals surface area contributed by atoms with Crippen LogP contribution in [0.25, 0.3) is 0 Å². The molecule has 0 aliphatic heterocycles. The molecule has 0 radical (unpaired) electrons. The van der Waals surface area contributed by atoms with Crippen molar-refractivity contribution in [3.8, 4) is 0 Å². The van der Waals surface area contributed by atoms with E-state index in [1.54, 1.807) is 0 Å². The van der Waals surface area contributed by atoms with Crippen LogP contribution < -0.4 is 5.32 Å². The quantitative estimate of drug-likeness (QED) is 0.534. The first-order valence-electron chi connectivity index (χ1n) is 6.95. The minimum atomic E-state index is -4.25. The van der Waals surface area contributed by atoms with Crippen molar-refractivity contribution in [2.24, 2.45) is 5.41 Å². The first-order chi connectivity index (χ1) is 10.4. The Morgan fingerprint density at radius 3 is 2.22 bits per heavy atom. The van der Waals surface area contributed by atoms with E-state index in [0.29, 0.717) is 3.57 Å². The molecule has 0 aromatic heterocycles. The summed E-state index contributed by atoms with van der Waals surface area (Å²) in [5.41, 5.74) is -2.73. The van der Waals surface area contributed by atoms with E-state index in [2.05, 4.69) is 5.32 Å². The second-order valence-electron chi connectivity index (χ2n) is 6.63. The summed E-state index contributed by atoms with van der Waals surface area (Å²) in [5, 5.41) is 2.60. The van der Waals surface area contributed by atoms with Gasteiger partial charge in [-0.1, -0.05) is 6.07 Å². The lowest BCUT2D eigenvalue weighted by molar-refractivity contribution is -0.336. The number of hydrogen-bond donors (Lipinski definition) is 1. The Morgan fingerprint density at radius 2 is 1.74 bits per heavy atom. The Kier molecular flexibility index (Phi) is 3.53. The van der Waals surface area contributed by atoms with Gasteiger partial charge in [-0.25, -0.2) is 8.78 Å². The number of rotatable bonds is 3. The molecule has 23 heavy (non-hydrogen) atoms. The third-order valence-electron chi connectivity index (χ3n) is 4.73. The molecule has 0 unspecified atom stereocenters. The molecule has 8 heteroatoms. The third-order valence-corrected chi connectivity index (χ3v) is 5.67. The van der Waals surface area contributed by atoms with Gasteiger partial charge in [-0.05, 0) is 54.0 Å². The van der Waals surface area contributed by atoms with E-state index in [4.69, 9.17) is 0 Å². The largest absolute Gasteiger partial charge is 0.394 e. The standard InChI is InChI=1S/C15H13F5INO/c1-12(16,17)8-2-3-10(21)9(4-8)11(23)22-14-5-13(6-14,7-14)15(18,19)20/h2-4H,5-7H2,1H3,(H,22,23). The zero-order valence-corrected chi connectivity index (χ0v) is 14.2. The molecule has 4 rings (SSSR count). The van der Waals surface area contributed by atoms with Gasteiger partial charge in [0.1, 0.15) is 0 Å². The molecule has 0 heterocycles. The van der Waals surface area contributed by atoms with E-state index in [1.165, 1.54) is 12.1 Å². The Bertz CT molecular complexity index is 660. The molecule has 3 saturated carbocycles. The van der Waals surface area contributed by atoms with Crippen LogP contribution in [0.2, 0.25) is 0 Å². The number of benzene rings is 1. The molecule has 0 spiro atoms. The Morgan fingerprint density at radius 1 is 1.17 bits per heavy atom. The molecule has 3 aliphatic carbocycles. The molecular formula is C15H13F5INO. The van der Waals surface area contributed by atoms with Crippen LogP contribution in [-0.2, 0) is 5.92 Å². The highest BCUT2D eigenvalue weighted by atomic mass is 127. The van der Waals surface area contributed by atoms with Crippen molar-refractivity contribution >= 4 is 28.5 Å². The SMILES string of the molecule is CC(F)(F)c1ccc(I)c(C(=O)NC23CC(C(F)(F)F)(C2)C3)c1. The second-order valence-corrected chi connectivity index (χ2v) is 7.79. The molecule has 126 valence electrons. The maximum Gasteiger partial charge on any atom is 0.394 e. The van der Waals surface area contributed by atoms with Crippen LogP contribution in [0.4, 0.5) is 22.0 Å². The van der Waals surface area contributed by atoms with Crippen LogP contribution in [0.1, 0.15) is 42.1 Å². The Hall–Kier alpha value is -0.930. The van der Waals surface area contributed by atoms with E-state index in [9.17, 15) is 26.7 Å². The smallest absolute Gasteiger partial charge is 0.346 e. The summed E-state index contributed by atoms with van der Waals surface area (Å²) in [6.45, 7) is 0.727. The lowest BCUT2D eigenvalue weighted by Crippen LogP contribution is -2.78. The number of amides is 1. The van der Waals surface area contributed by atoms with E-state index >= 15 is 0 Å². The minimum Gasteiger partial charge on any atom is -0.346 e. The summed E-state index contributed by atoms with van der Waals surface area (Å²) in [5.74, 6) is -3.69. The zero-order valence-electron chi connectivity index (χ0n) is 12.0. The first-order valence-corrected chi connectivity index (χ1v) is 8.03. The van der Waals surface area contributed by atoms with Gasteiger partial charge in [0.15, 0.2) is 0 Å². The fraction of sp³-hybridized carbons (Fsp3) is 0.533. The number of halogens is 6. The predicted octanol–water partition coefficient (Wildman–Crippen LogP) is 4.62. The van der Waals surface area contributed by atoms with Gasteiger partial charge in [-0.2, -0.15) is 13.2 Å². The number of carbonyl (C=O) groups is 1. The molecule has 2 bridgehead atoms. The van der Waals surface area contributed by atoms with Crippen molar-refractivity contribution in [2.75, 3.05) is 0 Å². The average Bonchev–Trinajstić information content (AvgIpc) is 2.28. The van der Waals surface area contributed by atoms with E-state index in [-0.39, 0.29) is 30.4 Å². The van der Waals surface area contributed by atoms with Crippen molar-refractivity contribution < 1.29 is 26.7 Å². The van der Waals surface area contributed by atoms with Crippen molar-refractivity contribution in [1.82, 2.24) is 5.32 Å². The molecule has 1 aromatic rings. The molecule has 1 N–H and O–H groups in total. The molecular weight excluding hydrogens is 432 g/mol. The summed E-state index contributed by atoms with van der Waals surface area (Å²) >= 11 is 1.84. The van der Waals surface area contributed by atoms with Crippen molar-refractivity contribution in [2.45, 2.75) is 43.8 Å². The second kappa shape index (κ2) is 4.80. The summed E-state index contributed by atoms with van der Waals surface area (Å²) < 4.78 is 65.6. The van der Waals surface area contributed by atoms with Crippen LogP contribution in [0.5, 0.6) is 0 Å². The van der Waals surface area contributed by atoms with Gasteiger partial charge < -0.3 is 5.32 Å². The fourth-order valence-electron chi connectivity index (χ4n) is 3.50. The third kappa shape index (κ3) is 2.62. The topological polar surface area (TPSA) is 29.1 Å². The lowest BCUT2D eigenvalue weighted by Gasteiger charge is -2.70. The highest BCUT2D eigenvalue weighted by molar-refractivity contribution is 14.1. The molecule has 3 fully saturated rings. The van der Waals surface area contributed by atoms with Gasteiger partial charge in [0.25, 0.3) is 11.8 Å². The minimum absolute atomic E-state index is 0.0652. The maximum absolute atomic E-state index is 13.4. The maximum atomic E-state index is 13.4. The van der Waals surface area contributed by atoms with Gasteiger partial charge in [-0.3, -0.25) is 4.79 Å². The molecule has 1 aromatic carbocycles. The van der Waals surface area contributed by atoms with E-state index in [0.717, 1.165) is 13.0 Å². The van der Waals surface area contributed by atoms with E-state index < -0.39 is 29.0 Å². The van der Waals surface area contributed by atoms with Gasteiger partial charge in [0.05, 0.1) is 11.0 Å². The van der Waals surface area contributed by atoms with Crippen LogP contribution in [0.3, 0.4) is 0 Å². The number of alkyl halides is 5. The summed E-state index contributed by atoms with van der Waals surface area (Å²) in [7, 11) is 0. The monoisotopic (exact) mass is 445 g/mol. The van der Waals surface area contributed by atoms with Gasteiger partial charge in [-0.15, -0.1) is 0 Å². The highest BCUT2D eigenvalue weighted by Crippen LogP contribution is 2.73. The molecule has 2 nitrogen and oxygen atoms in total. The molecule has 1 amide bonds. The normalized spacial score (nSPS) is 29.5. The zero-order chi connectivity index (χ0) is 17.3. The van der Waals surface area contributed by atoms with Crippen molar-refractivity contribution in [3.05, 3.63) is 32.9 Å². The van der Waals surface area contributed by atoms with Crippen LogP contribution in [0.15, 0.2) is 18.2 Å². The number of hydrogen-bond acceptors (Lipinski definition) is 1. The molecule has 0 atom stereocenters. The molecule has 3 aliphatic rings. The summed E-state index contributed by atoms with van der Waals surface area (Å²) in [6, 6.07) is 3.74. The van der Waals surface area contributed by atoms with Crippen molar-refractivity contribution in [3.63, 3.8) is 0 Å². The van der Waals surface area contributed by atoms with Crippen molar-refractivity contribution in [1.29, 1.82) is 0 Å². The predicted molar refractivity (Wildman–Crippen MR) is 81.3 cm³/mol. The number of nitrogens with one attached hydrogen (secondary N) is 1. The Labute approximate surface area is 143 Å². The van der Waals surface area contributed by atoms with Gasteiger partial charge >= 0.3 is 6.18 Å². The van der Waals surface area contributed by atoms with Gasteiger partial charge in [0, 0.05) is 21.6 Å². The van der Waals surface area contributed by atoms with Crippen LogP contribution >= 0.6 is 22.6 Å². The highest BCUT2D eigenvalue weighted by Gasteiger charge is 2.79. The Balaban J connectivity index is 1.74. The van der Waals surface area contributed by atoms with Crippen LogP contribution in [0, 0.1) is 8.99 Å². The summed E-state index contributed by atoms with van der Waals surface area (Å²) in [4.78, 5) is 12.3. The summed E-state index contributed by atoms with van der Waals surface area (Å²) in [6.07, 6.45) is -4.64. The first kappa shape index (κ1) is 16.9. The van der Waals surface area contributed by atoms with Crippen LogP contribution in [-0.4, -0.2) is 17.6 Å². The molecule has 0 saturated heterocycles. The lowest BCUT2D eigenvalue weighted by atomic mass is 9.39. The van der Waals surface area contributed by atoms with Gasteiger partial charge in [0.2, 0.25) is 0 Å².